The van der Waals surface area contributed by atoms with Gasteiger partial charge in [-0.25, -0.2) is 14.4 Å². The Kier molecular flexibility index (Phi) is 7.88. The SMILES string of the molecule is COC(=O)c1cc(C(=O)OC)c(S)c(C(=O)OC)c1.[Na+]. The number of rotatable bonds is 3. The van der Waals surface area contributed by atoms with Crippen LogP contribution >= 0.6 is 12.6 Å². The van der Waals surface area contributed by atoms with Gasteiger partial charge in [0.25, 0.3) is 0 Å². The Morgan fingerprint density at radius 2 is 1.20 bits per heavy atom. The summed E-state index contributed by atoms with van der Waals surface area (Å²) in [6.45, 7) is 0. The van der Waals surface area contributed by atoms with Gasteiger partial charge in [-0.3, -0.25) is 0 Å². The minimum atomic E-state index is -0.721. The molecule has 0 atom stereocenters. The van der Waals surface area contributed by atoms with Crippen molar-refractivity contribution in [1.29, 1.82) is 0 Å². The van der Waals surface area contributed by atoms with Crippen LogP contribution in [0, 0.1) is 0 Å². The Bertz CT molecular complexity index is 506. The zero-order valence-corrected chi connectivity index (χ0v) is 14.4. The predicted molar refractivity (Wildman–Crippen MR) is 67.7 cm³/mol. The molecule has 0 N–H and O–H groups in total. The fourth-order valence-electron chi connectivity index (χ4n) is 1.40. The second kappa shape index (κ2) is 8.31. The maximum atomic E-state index is 11.6. The molecule has 1 aromatic rings. The van der Waals surface area contributed by atoms with E-state index in [0.717, 1.165) is 0 Å². The molecule has 0 saturated carbocycles. The minimum absolute atomic E-state index is 0. The van der Waals surface area contributed by atoms with Gasteiger partial charge in [0, 0.05) is 4.90 Å². The molecule has 6 nitrogen and oxygen atoms in total. The van der Waals surface area contributed by atoms with Gasteiger partial charge in [0.2, 0.25) is 0 Å². The maximum Gasteiger partial charge on any atom is 1.00 e. The maximum absolute atomic E-state index is 11.6. The van der Waals surface area contributed by atoms with Gasteiger partial charge in [0.15, 0.2) is 0 Å². The average Bonchev–Trinajstić information content (AvgIpc) is 2.44. The Morgan fingerprint density at radius 1 is 0.850 bits per heavy atom. The molecule has 0 aliphatic heterocycles. The molecule has 0 aliphatic carbocycles. The van der Waals surface area contributed by atoms with Crippen molar-refractivity contribution >= 4 is 30.5 Å². The van der Waals surface area contributed by atoms with Crippen LogP contribution in [-0.2, 0) is 14.2 Å². The molecule has 0 bridgehead atoms. The Balaban J connectivity index is 0.00000361. The molecule has 20 heavy (non-hydrogen) atoms. The monoisotopic (exact) mass is 307 g/mol. The molecule has 1 rings (SSSR count). The quantitative estimate of drug-likeness (QED) is 0.312. The Hall–Kier alpha value is -1.02. The van der Waals surface area contributed by atoms with E-state index in [4.69, 9.17) is 0 Å². The van der Waals surface area contributed by atoms with Crippen molar-refractivity contribution < 1.29 is 58.2 Å². The van der Waals surface area contributed by atoms with Gasteiger partial charge in [-0.2, -0.15) is 0 Å². The van der Waals surface area contributed by atoms with Crippen molar-refractivity contribution in [2.24, 2.45) is 0 Å². The molecular formula is C12H12NaO6S+. The van der Waals surface area contributed by atoms with E-state index in [1.807, 2.05) is 0 Å². The van der Waals surface area contributed by atoms with E-state index in [9.17, 15) is 14.4 Å². The van der Waals surface area contributed by atoms with Crippen LogP contribution < -0.4 is 29.6 Å². The van der Waals surface area contributed by atoms with Gasteiger partial charge in [0.1, 0.15) is 0 Å². The van der Waals surface area contributed by atoms with Crippen molar-refractivity contribution in [2.75, 3.05) is 21.3 Å². The first kappa shape index (κ1) is 19.0. The molecule has 0 unspecified atom stereocenters. The zero-order valence-electron chi connectivity index (χ0n) is 11.6. The third kappa shape index (κ3) is 3.99. The zero-order chi connectivity index (χ0) is 14.6. The number of ether oxygens (including phenoxy) is 3. The number of benzene rings is 1. The molecule has 8 heteroatoms. The number of carbonyl (C=O) groups excluding carboxylic acids is 3. The van der Waals surface area contributed by atoms with E-state index in [1.54, 1.807) is 0 Å². The molecule has 0 spiro atoms. The summed E-state index contributed by atoms with van der Waals surface area (Å²) < 4.78 is 13.7. The molecule has 0 aliphatic rings. The molecule has 102 valence electrons. The third-order valence-electron chi connectivity index (χ3n) is 2.34. The molecule has 0 amide bonds. The number of carbonyl (C=O) groups is 3. The van der Waals surface area contributed by atoms with E-state index in [0.29, 0.717) is 0 Å². The smallest absolute Gasteiger partial charge is 0.465 e. The van der Waals surface area contributed by atoms with E-state index in [-0.39, 0.29) is 51.1 Å². The van der Waals surface area contributed by atoms with Crippen LogP contribution in [0.3, 0.4) is 0 Å². The Morgan fingerprint density at radius 3 is 1.50 bits per heavy atom. The average molecular weight is 307 g/mol. The number of thiol groups is 1. The third-order valence-corrected chi connectivity index (χ3v) is 2.82. The van der Waals surface area contributed by atoms with Crippen LogP contribution in [-0.4, -0.2) is 39.2 Å². The van der Waals surface area contributed by atoms with E-state index >= 15 is 0 Å². The van der Waals surface area contributed by atoms with E-state index in [1.165, 1.54) is 33.5 Å². The first-order chi connectivity index (χ1) is 8.96. The summed E-state index contributed by atoms with van der Waals surface area (Å²) in [5.41, 5.74) is -0.00985. The normalized spacial score (nSPS) is 9.20. The van der Waals surface area contributed by atoms with Crippen LogP contribution in [0.25, 0.3) is 0 Å². The van der Waals surface area contributed by atoms with Crippen LogP contribution in [0.2, 0.25) is 0 Å². The van der Waals surface area contributed by atoms with Gasteiger partial charge < -0.3 is 14.2 Å². The van der Waals surface area contributed by atoms with Gasteiger partial charge >= 0.3 is 47.5 Å². The molecule has 0 aromatic heterocycles. The summed E-state index contributed by atoms with van der Waals surface area (Å²) in [6.07, 6.45) is 0. The topological polar surface area (TPSA) is 78.9 Å². The number of esters is 3. The molecule has 1 aromatic carbocycles. The molecule has 0 fully saturated rings. The van der Waals surface area contributed by atoms with Crippen molar-refractivity contribution in [3.05, 3.63) is 28.8 Å². The largest absolute Gasteiger partial charge is 1.00 e. The summed E-state index contributed by atoms with van der Waals surface area (Å²) in [4.78, 5) is 34.7. The Labute approximate surface area is 143 Å². The number of methoxy groups -OCH3 is 3. The van der Waals surface area contributed by atoms with Crippen LogP contribution in [0.15, 0.2) is 17.0 Å². The van der Waals surface area contributed by atoms with E-state index < -0.39 is 17.9 Å². The number of hydrogen-bond donors (Lipinski definition) is 1. The van der Waals surface area contributed by atoms with Crippen molar-refractivity contribution in [2.45, 2.75) is 4.90 Å². The van der Waals surface area contributed by atoms with Gasteiger partial charge in [-0.15, -0.1) is 12.6 Å². The van der Waals surface area contributed by atoms with Crippen LogP contribution in [0.1, 0.15) is 31.1 Å². The molecular weight excluding hydrogens is 295 g/mol. The van der Waals surface area contributed by atoms with Crippen LogP contribution in [0.5, 0.6) is 0 Å². The molecule has 0 heterocycles. The van der Waals surface area contributed by atoms with Crippen molar-refractivity contribution in [1.82, 2.24) is 0 Å². The summed E-state index contributed by atoms with van der Waals surface area (Å²) in [6, 6.07) is 2.49. The van der Waals surface area contributed by atoms with Crippen molar-refractivity contribution in [3.63, 3.8) is 0 Å². The number of hydrogen-bond acceptors (Lipinski definition) is 7. The molecule has 0 saturated heterocycles. The first-order valence-electron chi connectivity index (χ1n) is 5.08. The summed E-state index contributed by atoms with van der Waals surface area (Å²) in [5, 5.41) is 0. The van der Waals surface area contributed by atoms with Gasteiger partial charge in [0.05, 0.1) is 38.0 Å². The minimum Gasteiger partial charge on any atom is -0.465 e. The fraction of sp³-hybridized carbons (Fsp3) is 0.250. The second-order valence-electron chi connectivity index (χ2n) is 3.39. The van der Waals surface area contributed by atoms with Crippen molar-refractivity contribution in [3.8, 4) is 0 Å². The predicted octanol–water partition coefficient (Wildman–Crippen LogP) is -1.66. The fourth-order valence-corrected chi connectivity index (χ4v) is 1.71. The summed E-state index contributed by atoms with van der Waals surface area (Å²) in [7, 11) is 3.54. The first-order valence-corrected chi connectivity index (χ1v) is 5.53. The second-order valence-corrected chi connectivity index (χ2v) is 3.84. The van der Waals surface area contributed by atoms with Gasteiger partial charge in [-0.1, -0.05) is 0 Å². The summed E-state index contributed by atoms with van der Waals surface area (Å²) >= 11 is 4.09. The van der Waals surface area contributed by atoms with E-state index in [2.05, 4.69) is 26.8 Å². The summed E-state index contributed by atoms with van der Waals surface area (Å²) in [5.74, 6) is -2.13. The molecule has 0 radical (unpaired) electrons. The van der Waals surface area contributed by atoms with Gasteiger partial charge in [-0.05, 0) is 12.1 Å². The standard InChI is InChI=1S/C12H12O6S.Na/c1-16-10(13)6-4-7(11(14)17-2)9(19)8(5-6)12(15)18-3;/h4-5,19H,1-3H3;/q;+1. The van der Waals surface area contributed by atoms with Crippen LogP contribution in [0.4, 0.5) is 0 Å².